The standard InChI is InChI=1S/C5H7BrN2OS/c1-8(9)2-4-3-10-5(6)7-4/h3,9H,2H2,1H3. The van der Waals surface area contributed by atoms with E-state index < -0.39 is 0 Å². The first-order chi connectivity index (χ1) is 4.68. The molecule has 56 valence electrons. The van der Waals surface area contributed by atoms with Crippen molar-refractivity contribution in [1.82, 2.24) is 10.0 Å². The molecule has 0 radical (unpaired) electrons. The van der Waals surface area contributed by atoms with E-state index in [-0.39, 0.29) is 0 Å². The van der Waals surface area contributed by atoms with Crippen molar-refractivity contribution in [2.45, 2.75) is 6.54 Å². The molecular formula is C5H7BrN2OS. The average molecular weight is 223 g/mol. The quantitative estimate of drug-likeness (QED) is 0.775. The first kappa shape index (κ1) is 8.13. The Morgan fingerprint density at radius 2 is 2.60 bits per heavy atom. The van der Waals surface area contributed by atoms with E-state index in [0.29, 0.717) is 6.54 Å². The molecule has 1 aromatic heterocycles. The summed E-state index contributed by atoms with van der Waals surface area (Å²) in [5.41, 5.74) is 0.877. The van der Waals surface area contributed by atoms with Crippen molar-refractivity contribution in [2.24, 2.45) is 0 Å². The second-order valence-corrected chi connectivity index (χ2v) is 4.04. The van der Waals surface area contributed by atoms with Crippen LogP contribution < -0.4 is 0 Å². The molecule has 0 aromatic carbocycles. The van der Waals surface area contributed by atoms with Crippen LogP contribution in [0.4, 0.5) is 0 Å². The van der Waals surface area contributed by atoms with Gasteiger partial charge in [0.05, 0.1) is 12.2 Å². The Balaban J connectivity index is 2.58. The van der Waals surface area contributed by atoms with Gasteiger partial charge in [0.2, 0.25) is 0 Å². The molecule has 0 amide bonds. The zero-order valence-corrected chi connectivity index (χ0v) is 7.81. The van der Waals surface area contributed by atoms with Crippen LogP contribution in [-0.4, -0.2) is 22.3 Å². The molecule has 3 nitrogen and oxygen atoms in total. The number of hydrogen-bond donors (Lipinski definition) is 1. The third kappa shape index (κ3) is 2.34. The maximum Gasteiger partial charge on any atom is 0.159 e. The summed E-state index contributed by atoms with van der Waals surface area (Å²) >= 11 is 4.74. The number of halogens is 1. The van der Waals surface area contributed by atoms with E-state index in [9.17, 15) is 0 Å². The van der Waals surface area contributed by atoms with Gasteiger partial charge in [0.15, 0.2) is 3.92 Å². The van der Waals surface area contributed by atoms with Crippen LogP contribution in [-0.2, 0) is 6.54 Å². The van der Waals surface area contributed by atoms with Crippen LogP contribution in [0.15, 0.2) is 9.30 Å². The summed E-state index contributed by atoms with van der Waals surface area (Å²) in [7, 11) is 1.59. The molecule has 0 unspecified atom stereocenters. The lowest BCUT2D eigenvalue weighted by atomic mass is 10.5. The van der Waals surface area contributed by atoms with Crippen molar-refractivity contribution in [1.29, 1.82) is 0 Å². The molecule has 1 heterocycles. The van der Waals surface area contributed by atoms with Gasteiger partial charge in [0.1, 0.15) is 0 Å². The summed E-state index contributed by atoms with van der Waals surface area (Å²) < 4.78 is 0.851. The van der Waals surface area contributed by atoms with Crippen LogP contribution in [0.3, 0.4) is 0 Å². The highest BCUT2D eigenvalue weighted by molar-refractivity contribution is 9.11. The van der Waals surface area contributed by atoms with E-state index in [2.05, 4.69) is 20.9 Å². The second kappa shape index (κ2) is 3.43. The summed E-state index contributed by atoms with van der Waals surface area (Å²) in [6.07, 6.45) is 0. The summed E-state index contributed by atoms with van der Waals surface area (Å²) in [6, 6.07) is 0. The Labute approximate surface area is 71.4 Å². The highest BCUT2D eigenvalue weighted by Crippen LogP contribution is 2.16. The predicted octanol–water partition coefficient (Wildman–Crippen LogP) is 1.73. The van der Waals surface area contributed by atoms with Crippen molar-refractivity contribution in [3.8, 4) is 0 Å². The molecule has 1 rings (SSSR count). The minimum Gasteiger partial charge on any atom is -0.314 e. The molecule has 1 aromatic rings. The fraction of sp³-hybridized carbons (Fsp3) is 0.400. The summed E-state index contributed by atoms with van der Waals surface area (Å²) in [5.74, 6) is 0. The van der Waals surface area contributed by atoms with Crippen LogP contribution in [0.2, 0.25) is 0 Å². The molecule has 10 heavy (non-hydrogen) atoms. The number of hydrogen-bond acceptors (Lipinski definition) is 4. The van der Waals surface area contributed by atoms with E-state index in [1.165, 1.54) is 11.3 Å². The Bertz CT molecular complexity index is 213. The van der Waals surface area contributed by atoms with Crippen molar-refractivity contribution in [2.75, 3.05) is 7.05 Å². The van der Waals surface area contributed by atoms with Gasteiger partial charge in [-0.3, -0.25) is 0 Å². The second-order valence-electron chi connectivity index (χ2n) is 1.91. The molecule has 0 fully saturated rings. The SMILES string of the molecule is CN(O)Cc1csc(Br)n1. The number of rotatable bonds is 2. The van der Waals surface area contributed by atoms with E-state index in [1.54, 1.807) is 7.05 Å². The lowest BCUT2D eigenvalue weighted by Gasteiger charge is -2.02. The number of nitrogens with zero attached hydrogens (tertiary/aromatic N) is 2. The van der Waals surface area contributed by atoms with Crippen LogP contribution in [0.5, 0.6) is 0 Å². The van der Waals surface area contributed by atoms with Crippen LogP contribution in [0.25, 0.3) is 0 Å². The van der Waals surface area contributed by atoms with Crippen LogP contribution in [0.1, 0.15) is 5.69 Å². The maximum atomic E-state index is 8.80. The molecule has 0 saturated heterocycles. The van der Waals surface area contributed by atoms with E-state index in [0.717, 1.165) is 14.7 Å². The topological polar surface area (TPSA) is 36.4 Å². The predicted molar refractivity (Wildman–Crippen MR) is 43.1 cm³/mol. The van der Waals surface area contributed by atoms with Gasteiger partial charge in [0.25, 0.3) is 0 Å². The Morgan fingerprint density at radius 3 is 3.00 bits per heavy atom. The Hall–Kier alpha value is 0.0300. The van der Waals surface area contributed by atoms with Gasteiger partial charge in [-0.1, -0.05) is 0 Å². The van der Waals surface area contributed by atoms with Gasteiger partial charge < -0.3 is 5.21 Å². The summed E-state index contributed by atoms with van der Waals surface area (Å²) in [6.45, 7) is 0.474. The molecule has 1 N–H and O–H groups in total. The molecule has 0 spiro atoms. The molecule has 0 aliphatic rings. The highest BCUT2D eigenvalue weighted by atomic mass is 79.9. The minimum absolute atomic E-state index is 0.474. The molecule has 0 bridgehead atoms. The third-order valence-corrected chi connectivity index (χ3v) is 2.33. The Kier molecular flexibility index (Phi) is 2.79. The first-order valence-electron chi connectivity index (χ1n) is 2.68. The summed E-state index contributed by atoms with van der Waals surface area (Å²) in [4.78, 5) is 4.08. The third-order valence-electron chi connectivity index (χ3n) is 0.915. The number of thiazole rings is 1. The molecule has 0 saturated carbocycles. The molecule has 5 heteroatoms. The van der Waals surface area contributed by atoms with Crippen molar-refractivity contribution < 1.29 is 5.21 Å². The highest BCUT2D eigenvalue weighted by Gasteiger charge is 1.99. The van der Waals surface area contributed by atoms with Gasteiger partial charge >= 0.3 is 0 Å². The van der Waals surface area contributed by atoms with Gasteiger partial charge in [-0.25, -0.2) is 4.98 Å². The average Bonchev–Trinajstić information content (AvgIpc) is 2.13. The van der Waals surface area contributed by atoms with Crippen molar-refractivity contribution in [3.63, 3.8) is 0 Å². The lowest BCUT2D eigenvalue weighted by Crippen LogP contribution is -2.11. The van der Waals surface area contributed by atoms with Gasteiger partial charge in [0, 0.05) is 12.4 Å². The lowest BCUT2D eigenvalue weighted by molar-refractivity contribution is -0.0739. The fourth-order valence-corrected chi connectivity index (χ4v) is 1.63. The molecule has 0 atom stereocenters. The van der Waals surface area contributed by atoms with E-state index in [1.807, 2.05) is 5.38 Å². The van der Waals surface area contributed by atoms with E-state index >= 15 is 0 Å². The fourth-order valence-electron chi connectivity index (χ4n) is 0.589. The minimum atomic E-state index is 0.474. The smallest absolute Gasteiger partial charge is 0.159 e. The zero-order valence-electron chi connectivity index (χ0n) is 5.41. The van der Waals surface area contributed by atoms with Gasteiger partial charge in [-0.2, -0.15) is 5.06 Å². The van der Waals surface area contributed by atoms with Gasteiger partial charge in [-0.05, 0) is 15.9 Å². The Morgan fingerprint density at radius 1 is 1.90 bits per heavy atom. The zero-order chi connectivity index (χ0) is 7.56. The normalized spacial score (nSPS) is 10.8. The first-order valence-corrected chi connectivity index (χ1v) is 4.35. The number of hydroxylamine groups is 2. The molecule has 0 aliphatic carbocycles. The molecular weight excluding hydrogens is 216 g/mol. The largest absolute Gasteiger partial charge is 0.314 e. The monoisotopic (exact) mass is 222 g/mol. The number of aromatic nitrogens is 1. The van der Waals surface area contributed by atoms with Crippen LogP contribution in [0, 0.1) is 0 Å². The van der Waals surface area contributed by atoms with Crippen molar-refractivity contribution in [3.05, 3.63) is 15.0 Å². The van der Waals surface area contributed by atoms with Crippen molar-refractivity contribution >= 4 is 27.3 Å². The van der Waals surface area contributed by atoms with Gasteiger partial charge in [-0.15, -0.1) is 11.3 Å². The summed E-state index contributed by atoms with van der Waals surface area (Å²) in [5, 5.41) is 11.8. The van der Waals surface area contributed by atoms with Crippen LogP contribution >= 0.6 is 27.3 Å². The molecule has 0 aliphatic heterocycles. The van der Waals surface area contributed by atoms with E-state index in [4.69, 9.17) is 5.21 Å². The maximum absolute atomic E-state index is 8.80.